The van der Waals surface area contributed by atoms with Crippen molar-refractivity contribution in [3.05, 3.63) is 66.7 Å². The van der Waals surface area contributed by atoms with Gasteiger partial charge in [-0.2, -0.15) is 0 Å². The van der Waals surface area contributed by atoms with E-state index in [0.29, 0.717) is 17.1 Å². The molecule has 0 bridgehead atoms. The molecule has 0 spiro atoms. The van der Waals surface area contributed by atoms with E-state index in [-0.39, 0.29) is 25.5 Å². The third-order valence-corrected chi connectivity index (χ3v) is 5.01. The second-order valence-corrected chi connectivity index (χ2v) is 7.23. The minimum absolute atomic E-state index is 0.153. The summed E-state index contributed by atoms with van der Waals surface area (Å²) in [7, 11) is 0. The summed E-state index contributed by atoms with van der Waals surface area (Å²) in [5.41, 5.74) is 1.12. The van der Waals surface area contributed by atoms with Gasteiger partial charge in [0, 0.05) is 5.69 Å². The quantitative estimate of drug-likeness (QED) is 0.641. The second kappa shape index (κ2) is 8.87. The van der Waals surface area contributed by atoms with Crippen LogP contribution in [-0.2, 0) is 19.1 Å². The van der Waals surface area contributed by atoms with E-state index in [1.54, 1.807) is 30.3 Å². The van der Waals surface area contributed by atoms with E-state index in [1.807, 2.05) is 36.4 Å². The maximum Gasteiger partial charge on any atom is 0.326 e. The van der Waals surface area contributed by atoms with E-state index in [1.165, 1.54) is 11.8 Å². The lowest BCUT2D eigenvalue weighted by Crippen LogP contribution is -2.39. The van der Waals surface area contributed by atoms with Gasteiger partial charge < -0.3 is 14.8 Å². The molecule has 1 aliphatic heterocycles. The summed E-state index contributed by atoms with van der Waals surface area (Å²) >= 11 is 0. The molecule has 0 unspecified atom stereocenters. The van der Waals surface area contributed by atoms with Crippen LogP contribution in [0, 0.1) is 0 Å². The summed E-state index contributed by atoms with van der Waals surface area (Å²) in [4.78, 5) is 38.8. The highest BCUT2D eigenvalue weighted by Crippen LogP contribution is 2.30. The summed E-state index contributed by atoms with van der Waals surface area (Å²) in [6, 6.07) is 20.4. The Kier molecular flexibility index (Phi) is 5.84. The lowest BCUT2D eigenvalue weighted by Gasteiger charge is -2.22. The van der Waals surface area contributed by atoms with E-state index < -0.39 is 18.0 Å². The Bertz CT molecular complexity index is 1140. The number of esters is 1. The fourth-order valence-corrected chi connectivity index (χ4v) is 3.42. The highest BCUT2D eigenvalue weighted by Gasteiger charge is 2.27. The molecule has 0 radical (unpaired) electrons. The van der Waals surface area contributed by atoms with Gasteiger partial charge in [0.25, 0.3) is 5.91 Å². The number of para-hydroxylation sites is 2. The molecule has 1 heterocycles. The topological polar surface area (TPSA) is 84.9 Å². The number of benzene rings is 3. The summed E-state index contributed by atoms with van der Waals surface area (Å²) in [6.07, 6.45) is -0.868. The molecule has 1 N–H and O–H groups in total. The molecule has 7 nitrogen and oxygen atoms in total. The van der Waals surface area contributed by atoms with Gasteiger partial charge in [-0.25, -0.2) is 0 Å². The van der Waals surface area contributed by atoms with Gasteiger partial charge in [-0.3, -0.25) is 19.3 Å². The standard InChI is InChI=1S/C24H22N2O5/c1-16(24(29)25-19-11-10-17-6-2-3-7-18(17)14-19)31-23(28)15-26-20-8-4-5-9-21(20)30-13-12-22(26)27/h2-11,14,16H,12-13,15H2,1H3,(H,25,29)/t16-/m1/s1. The number of carbonyl (C=O) groups is 3. The van der Waals surface area contributed by atoms with Gasteiger partial charge in [0.2, 0.25) is 5.91 Å². The number of nitrogens with zero attached hydrogens (tertiary/aromatic N) is 1. The van der Waals surface area contributed by atoms with E-state index in [4.69, 9.17) is 9.47 Å². The normalized spacial score (nSPS) is 14.2. The molecule has 1 atom stereocenters. The van der Waals surface area contributed by atoms with Crippen LogP contribution >= 0.6 is 0 Å². The van der Waals surface area contributed by atoms with Crippen molar-refractivity contribution in [2.45, 2.75) is 19.4 Å². The van der Waals surface area contributed by atoms with E-state index >= 15 is 0 Å². The van der Waals surface area contributed by atoms with E-state index in [9.17, 15) is 14.4 Å². The number of rotatable bonds is 5. The lowest BCUT2D eigenvalue weighted by molar-refractivity contribution is -0.152. The lowest BCUT2D eigenvalue weighted by atomic mass is 10.1. The zero-order valence-corrected chi connectivity index (χ0v) is 17.0. The predicted octanol–water partition coefficient (Wildman–Crippen LogP) is 3.53. The average molecular weight is 418 g/mol. The fourth-order valence-electron chi connectivity index (χ4n) is 3.42. The second-order valence-electron chi connectivity index (χ2n) is 7.23. The van der Waals surface area contributed by atoms with Gasteiger partial charge in [-0.15, -0.1) is 0 Å². The summed E-state index contributed by atoms with van der Waals surface area (Å²) in [5, 5.41) is 4.81. The first-order valence-corrected chi connectivity index (χ1v) is 10.0. The number of anilines is 2. The molecular formula is C24H22N2O5. The van der Waals surface area contributed by atoms with Crippen molar-refractivity contribution < 1.29 is 23.9 Å². The number of fused-ring (bicyclic) bond motifs is 2. The Hall–Kier alpha value is -3.87. The third kappa shape index (κ3) is 4.66. The largest absolute Gasteiger partial charge is 0.491 e. The van der Waals surface area contributed by atoms with Crippen molar-refractivity contribution in [1.29, 1.82) is 0 Å². The van der Waals surface area contributed by atoms with Crippen LogP contribution in [0.1, 0.15) is 13.3 Å². The first kappa shape index (κ1) is 20.4. The number of nitrogens with one attached hydrogen (secondary N) is 1. The molecule has 3 aromatic rings. The Labute approximate surface area is 179 Å². The first-order chi connectivity index (χ1) is 15.0. The number of ether oxygens (including phenoxy) is 2. The summed E-state index contributed by atoms with van der Waals surface area (Å²) in [6.45, 7) is 1.44. The van der Waals surface area contributed by atoms with Crippen LogP contribution < -0.4 is 15.0 Å². The summed E-state index contributed by atoms with van der Waals surface area (Å²) in [5.74, 6) is -0.834. The zero-order chi connectivity index (χ0) is 21.8. The maximum atomic E-state index is 12.5. The van der Waals surface area contributed by atoms with Crippen molar-refractivity contribution in [1.82, 2.24) is 0 Å². The van der Waals surface area contributed by atoms with Crippen molar-refractivity contribution in [2.24, 2.45) is 0 Å². The molecule has 0 saturated heterocycles. The van der Waals surface area contributed by atoms with Gasteiger partial charge in [0.15, 0.2) is 6.10 Å². The third-order valence-electron chi connectivity index (χ3n) is 5.01. The molecule has 0 saturated carbocycles. The van der Waals surface area contributed by atoms with E-state index in [2.05, 4.69) is 5.32 Å². The summed E-state index contributed by atoms with van der Waals surface area (Å²) < 4.78 is 10.9. The smallest absolute Gasteiger partial charge is 0.326 e. The Balaban J connectivity index is 1.39. The minimum atomic E-state index is -1.02. The Morgan fingerprint density at radius 2 is 1.81 bits per heavy atom. The molecule has 0 fully saturated rings. The van der Waals surface area contributed by atoms with Crippen LogP contribution in [0.2, 0.25) is 0 Å². The van der Waals surface area contributed by atoms with Crippen molar-refractivity contribution in [3.63, 3.8) is 0 Å². The van der Waals surface area contributed by atoms with Crippen LogP contribution in [-0.4, -0.2) is 37.0 Å². The monoisotopic (exact) mass is 418 g/mol. The number of hydrogen-bond donors (Lipinski definition) is 1. The van der Waals surface area contributed by atoms with Gasteiger partial charge in [0.1, 0.15) is 12.3 Å². The molecule has 3 aromatic carbocycles. The van der Waals surface area contributed by atoms with Gasteiger partial charge in [-0.05, 0) is 42.0 Å². The predicted molar refractivity (Wildman–Crippen MR) is 117 cm³/mol. The fraction of sp³-hybridized carbons (Fsp3) is 0.208. The molecule has 7 heteroatoms. The van der Waals surface area contributed by atoms with Crippen molar-refractivity contribution in [3.8, 4) is 5.75 Å². The molecule has 31 heavy (non-hydrogen) atoms. The van der Waals surface area contributed by atoms with Gasteiger partial charge >= 0.3 is 5.97 Å². The number of carbonyl (C=O) groups excluding carboxylic acids is 3. The highest BCUT2D eigenvalue weighted by molar-refractivity contribution is 6.01. The molecular weight excluding hydrogens is 396 g/mol. The maximum absolute atomic E-state index is 12.5. The SMILES string of the molecule is C[C@@H](OC(=O)CN1C(=O)CCOc2ccccc21)C(=O)Nc1ccc2ccccc2c1. The first-order valence-electron chi connectivity index (χ1n) is 10.0. The van der Waals surface area contributed by atoms with Gasteiger partial charge in [-0.1, -0.05) is 42.5 Å². The molecule has 0 aliphatic carbocycles. The highest BCUT2D eigenvalue weighted by atomic mass is 16.5. The van der Waals surface area contributed by atoms with Crippen LogP contribution in [0.4, 0.5) is 11.4 Å². The minimum Gasteiger partial charge on any atom is -0.491 e. The van der Waals surface area contributed by atoms with Gasteiger partial charge in [0.05, 0.1) is 18.7 Å². The van der Waals surface area contributed by atoms with Crippen molar-refractivity contribution in [2.75, 3.05) is 23.4 Å². The molecule has 2 amide bonds. The van der Waals surface area contributed by atoms with Crippen molar-refractivity contribution >= 4 is 39.9 Å². The Morgan fingerprint density at radius 3 is 2.65 bits per heavy atom. The molecule has 0 aromatic heterocycles. The van der Waals surface area contributed by atoms with Crippen LogP contribution in [0.15, 0.2) is 66.7 Å². The zero-order valence-electron chi connectivity index (χ0n) is 17.0. The molecule has 1 aliphatic rings. The average Bonchev–Trinajstić information content (AvgIpc) is 2.92. The van der Waals surface area contributed by atoms with Crippen LogP contribution in [0.25, 0.3) is 10.8 Å². The molecule has 158 valence electrons. The van der Waals surface area contributed by atoms with Crippen LogP contribution in [0.5, 0.6) is 5.75 Å². The number of amides is 2. The van der Waals surface area contributed by atoms with Crippen LogP contribution in [0.3, 0.4) is 0 Å². The Morgan fingerprint density at radius 1 is 1.06 bits per heavy atom. The molecule has 4 rings (SSSR count). The number of hydrogen-bond acceptors (Lipinski definition) is 5. The van der Waals surface area contributed by atoms with E-state index in [0.717, 1.165) is 10.8 Å².